The molecule has 3 heterocycles. The molecule has 2 amide bonds. The molecule has 29 heavy (non-hydrogen) atoms. The largest absolute Gasteiger partial charge is 0.494 e. The molecule has 0 N–H and O–H groups in total. The molecule has 0 radical (unpaired) electrons. The van der Waals surface area contributed by atoms with Crippen LogP contribution >= 0.6 is 11.8 Å². The highest BCUT2D eigenvalue weighted by atomic mass is 32.2. The van der Waals surface area contributed by atoms with E-state index in [1.807, 2.05) is 28.9 Å². The quantitative estimate of drug-likeness (QED) is 0.709. The van der Waals surface area contributed by atoms with Crippen LogP contribution in [0.1, 0.15) is 51.5 Å². The summed E-state index contributed by atoms with van der Waals surface area (Å²) in [5, 5.41) is 0. The highest BCUT2D eigenvalue weighted by molar-refractivity contribution is 8.01. The molecular weight excluding hydrogens is 384 g/mol. The number of likely N-dealkylation sites (tertiary alicyclic amines) is 1. The van der Waals surface area contributed by atoms with E-state index >= 15 is 0 Å². The van der Waals surface area contributed by atoms with Gasteiger partial charge in [-0.3, -0.25) is 9.59 Å². The summed E-state index contributed by atoms with van der Waals surface area (Å²) < 4.78 is 5.51. The number of nitrogens with zero attached hydrogens (tertiary/aromatic N) is 2. The maximum Gasteiger partial charge on any atom is 0.246 e. The Bertz CT molecular complexity index is 745. The maximum atomic E-state index is 13.1. The minimum atomic E-state index is -0.250. The van der Waals surface area contributed by atoms with Gasteiger partial charge in [0.05, 0.1) is 11.5 Å². The highest BCUT2D eigenvalue weighted by Gasteiger charge is 2.53. The van der Waals surface area contributed by atoms with Crippen molar-refractivity contribution in [2.45, 2.75) is 63.3 Å². The summed E-state index contributed by atoms with van der Waals surface area (Å²) >= 11 is 1.78. The second-order valence-electron chi connectivity index (χ2n) is 8.65. The molecule has 3 aliphatic rings. The van der Waals surface area contributed by atoms with Crippen LogP contribution in [0.4, 0.5) is 0 Å². The first-order valence-corrected chi connectivity index (χ1v) is 12.0. The molecule has 3 saturated heterocycles. The topological polar surface area (TPSA) is 49.9 Å². The van der Waals surface area contributed by atoms with Crippen LogP contribution in [-0.4, -0.2) is 58.0 Å². The van der Waals surface area contributed by atoms with Gasteiger partial charge in [-0.15, -0.1) is 11.8 Å². The number of rotatable bonds is 6. The molecule has 3 aliphatic heterocycles. The second kappa shape index (κ2) is 8.58. The molecule has 5 nitrogen and oxygen atoms in total. The van der Waals surface area contributed by atoms with Crippen LogP contribution in [0.15, 0.2) is 24.3 Å². The van der Waals surface area contributed by atoms with Gasteiger partial charge in [0, 0.05) is 25.3 Å². The predicted molar refractivity (Wildman–Crippen MR) is 116 cm³/mol. The SMILES string of the molecule is CCOc1ccc(CCC2CCN(C(=O)[C@@H]3CS[C@]4(C)CCC(=O)N34)CC2)cc1. The van der Waals surface area contributed by atoms with Crippen molar-refractivity contribution in [2.24, 2.45) is 5.92 Å². The van der Waals surface area contributed by atoms with Crippen LogP contribution in [0.3, 0.4) is 0 Å². The van der Waals surface area contributed by atoms with Crippen LogP contribution in [-0.2, 0) is 16.0 Å². The zero-order valence-corrected chi connectivity index (χ0v) is 18.4. The van der Waals surface area contributed by atoms with Gasteiger partial charge in [0.2, 0.25) is 11.8 Å². The third-order valence-electron chi connectivity index (χ3n) is 6.73. The van der Waals surface area contributed by atoms with Crippen molar-refractivity contribution in [3.8, 4) is 5.75 Å². The van der Waals surface area contributed by atoms with Crippen LogP contribution in [0.2, 0.25) is 0 Å². The predicted octanol–water partition coefficient (Wildman–Crippen LogP) is 3.71. The molecule has 0 unspecified atom stereocenters. The van der Waals surface area contributed by atoms with Crippen molar-refractivity contribution in [3.63, 3.8) is 0 Å². The third-order valence-corrected chi connectivity index (χ3v) is 8.24. The minimum Gasteiger partial charge on any atom is -0.494 e. The third kappa shape index (κ3) is 4.27. The maximum absolute atomic E-state index is 13.1. The molecule has 6 heteroatoms. The molecule has 0 aromatic heterocycles. The van der Waals surface area contributed by atoms with Gasteiger partial charge in [-0.1, -0.05) is 12.1 Å². The van der Waals surface area contributed by atoms with Gasteiger partial charge < -0.3 is 14.5 Å². The Morgan fingerprint density at radius 3 is 2.66 bits per heavy atom. The Balaban J connectivity index is 1.25. The Labute approximate surface area is 178 Å². The van der Waals surface area contributed by atoms with Crippen LogP contribution in [0, 0.1) is 5.92 Å². The van der Waals surface area contributed by atoms with Gasteiger partial charge in [0.15, 0.2) is 0 Å². The lowest BCUT2D eigenvalue weighted by Crippen LogP contribution is -2.52. The number of fused-ring (bicyclic) bond motifs is 1. The van der Waals surface area contributed by atoms with Gasteiger partial charge in [0.25, 0.3) is 0 Å². The van der Waals surface area contributed by atoms with E-state index in [4.69, 9.17) is 4.74 Å². The number of hydrogen-bond acceptors (Lipinski definition) is 4. The van der Waals surface area contributed by atoms with E-state index in [0.717, 1.165) is 56.7 Å². The van der Waals surface area contributed by atoms with Gasteiger partial charge in [-0.25, -0.2) is 0 Å². The summed E-state index contributed by atoms with van der Waals surface area (Å²) in [6, 6.07) is 8.16. The Hall–Kier alpha value is -1.69. The summed E-state index contributed by atoms with van der Waals surface area (Å²) in [4.78, 5) is 29.2. The highest BCUT2D eigenvalue weighted by Crippen LogP contribution is 2.47. The van der Waals surface area contributed by atoms with E-state index in [0.29, 0.717) is 18.9 Å². The lowest BCUT2D eigenvalue weighted by molar-refractivity contribution is -0.144. The zero-order valence-electron chi connectivity index (χ0n) is 17.6. The van der Waals surface area contributed by atoms with Crippen molar-refractivity contribution in [3.05, 3.63) is 29.8 Å². The first-order chi connectivity index (χ1) is 14.0. The summed E-state index contributed by atoms with van der Waals surface area (Å²) in [5.41, 5.74) is 1.35. The molecule has 0 bridgehead atoms. The van der Waals surface area contributed by atoms with E-state index in [1.165, 1.54) is 5.56 Å². The Kier molecular flexibility index (Phi) is 6.09. The summed E-state index contributed by atoms with van der Waals surface area (Å²) in [6.45, 7) is 6.46. The molecule has 4 rings (SSSR count). The monoisotopic (exact) mass is 416 g/mol. The van der Waals surface area contributed by atoms with Crippen molar-refractivity contribution < 1.29 is 14.3 Å². The lowest BCUT2D eigenvalue weighted by atomic mass is 9.90. The van der Waals surface area contributed by atoms with E-state index in [9.17, 15) is 9.59 Å². The molecular formula is C23H32N2O3S. The van der Waals surface area contributed by atoms with Crippen LogP contribution in [0.25, 0.3) is 0 Å². The average Bonchev–Trinajstić information content (AvgIpc) is 3.23. The first kappa shape index (κ1) is 20.6. The number of ether oxygens (including phenoxy) is 1. The summed E-state index contributed by atoms with van der Waals surface area (Å²) in [6.07, 6.45) is 5.82. The fraction of sp³-hybridized carbons (Fsp3) is 0.652. The molecule has 158 valence electrons. The number of aryl methyl sites for hydroxylation is 1. The van der Waals surface area contributed by atoms with E-state index in [2.05, 4.69) is 19.1 Å². The second-order valence-corrected chi connectivity index (χ2v) is 10.2. The number of carbonyl (C=O) groups is 2. The summed E-state index contributed by atoms with van der Waals surface area (Å²) in [7, 11) is 0. The van der Waals surface area contributed by atoms with E-state index in [1.54, 1.807) is 11.8 Å². The Morgan fingerprint density at radius 2 is 1.97 bits per heavy atom. The van der Waals surface area contributed by atoms with Crippen LogP contribution in [0.5, 0.6) is 5.75 Å². The fourth-order valence-corrected chi connectivity index (χ4v) is 6.37. The number of amides is 2. The normalized spacial score (nSPS) is 27.4. The van der Waals surface area contributed by atoms with E-state index in [-0.39, 0.29) is 22.7 Å². The number of thioether (sulfide) groups is 1. The van der Waals surface area contributed by atoms with Crippen molar-refractivity contribution in [1.82, 2.24) is 9.80 Å². The minimum absolute atomic E-state index is 0.154. The van der Waals surface area contributed by atoms with Crippen molar-refractivity contribution in [2.75, 3.05) is 25.4 Å². The Morgan fingerprint density at radius 1 is 1.24 bits per heavy atom. The molecule has 1 aromatic rings. The average molecular weight is 417 g/mol. The summed E-state index contributed by atoms with van der Waals surface area (Å²) in [5.74, 6) is 2.67. The van der Waals surface area contributed by atoms with Gasteiger partial charge in [0.1, 0.15) is 11.8 Å². The van der Waals surface area contributed by atoms with Crippen LogP contribution < -0.4 is 4.74 Å². The first-order valence-electron chi connectivity index (χ1n) is 11.0. The molecule has 1 aromatic carbocycles. The lowest BCUT2D eigenvalue weighted by Gasteiger charge is -2.36. The number of hydrogen-bond donors (Lipinski definition) is 0. The molecule has 0 aliphatic carbocycles. The standard InChI is InChI=1S/C23H32N2O3S/c1-3-28-19-8-6-17(7-9-19)4-5-18-11-14-24(15-12-18)22(27)20-16-29-23(2)13-10-21(26)25(20)23/h6-9,18,20H,3-5,10-16H2,1-2H3/t20-,23+/m0/s1. The fourth-order valence-electron chi connectivity index (χ4n) is 4.95. The van der Waals surface area contributed by atoms with E-state index < -0.39 is 0 Å². The number of benzene rings is 1. The molecule has 3 fully saturated rings. The van der Waals surface area contributed by atoms with Gasteiger partial charge in [-0.05, 0) is 69.6 Å². The smallest absolute Gasteiger partial charge is 0.246 e. The van der Waals surface area contributed by atoms with Gasteiger partial charge in [-0.2, -0.15) is 0 Å². The van der Waals surface area contributed by atoms with Crippen molar-refractivity contribution >= 4 is 23.6 Å². The van der Waals surface area contributed by atoms with Gasteiger partial charge >= 0.3 is 0 Å². The number of carbonyl (C=O) groups excluding carboxylic acids is 2. The number of piperidine rings is 1. The molecule has 2 atom stereocenters. The van der Waals surface area contributed by atoms with Crippen molar-refractivity contribution in [1.29, 1.82) is 0 Å². The molecule has 0 spiro atoms. The molecule has 0 saturated carbocycles. The zero-order chi connectivity index (χ0) is 20.4.